The Hall–Kier alpha value is -2.56. The summed E-state index contributed by atoms with van der Waals surface area (Å²) in [7, 11) is 0. The van der Waals surface area contributed by atoms with Gasteiger partial charge in [0.15, 0.2) is 0 Å². The van der Waals surface area contributed by atoms with Crippen molar-refractivity contribution in [3.63, 3.8) is 0 Å². The number of nitrogen functional groups attached to an aromatic ring is 1. The van der Waals surface area contributed by atoms with Crippen LogP contribution in [0.15, 0.2) is 42.5 Å². The number of hydrogen-bond donors (Lipinski definition) is 3. The summed E-state index contributed by atoms with van der Waals surface area (Å²) in [6.07, 6.45) is 1.26. The molecule has 1 heterocycles. The predicted octanol–water partition coefficient (Wildman–Crippen LogP) is 2.13. The molecule has 1 amide bonds. The molecule has 116 valence electrons. The van der Waals surface area contributed by atoms with E-state index in [1.165, 1.54) is 0 Å². The molecular weight excluding hydrogens is 276 g/mol. The number of anilines is 2. The van der Waals surface area contributed by atoms with E-state index in [4.69, 9.17) is 5.73 Å². The SMILES string of the molecule is Cc1nc(NCCCNC(=O)Cc2ccccc2)ccc1N. The molecule has 4 N–H and O–H groups in total. The standard InChI is InChI=1S/C17H22N4O/c1-13-15(18)8-9-16(21-13)19-10-5-11-20-17(22)12-14-6-3-2-4-7-14/h2-4,6-9H,5,10-12,18H2,1H3,(H,19,21)(H,20,22). The highest BCUT2D eigenvalue weighted by atomic mass is 16.1. The average molecular weight is 298 g/mol. The van der Waals surface area contributed by atoms with E-state index in [1.807, 2.05) is 49.4 Å². The number of carbonyl (C=O) groups excluding carboxylic acids is 1. The number of benzene rings is 1. The lowest BCUT2D eigenvalue weighted by atomic mass is 10.1. The number of nitrogens with two attached hydrogens (primary N) is 1. The number of carbonyl (C=O) groups is 1. The third-order valence-corrected chi connectivity index (χ3v) is 3.32. The number of hydrogen-bond acceptors (Lipinski definition) is 4. The van der Waals surface area contributed by atoms with Crippen LogP contribution in [0.2, 0.25) is 0 Å². The first kappa shape index (κ1) is 15.8. The minimum atomic E-state index is 0.0488. The van der Waals surface area contributed by atoms with Crippen LogP contribution in [-0.2, 0) is 11.2 Å². The molecule has 5 nitrogen and oxygen atoms in total. The van der Waals surface area contributed by atoms with Crippen LogP contribution in [0, 0.1) is 6.92 Å². The molecule has 0 saturated carbocycles. The Kier molecular flexibility index (Phi) is 5.77. The smallest absolute Gasteiger partial charge is 0.224 e. The number of nitrogens with one attached hydrogen (secondary N) is 2. The van der Waals surface area contributed by atoms with Crippen LogP contribution in [0.3, 0.4) is 0 Å². The second kappa shape index (κ2) is 8.02. The monoisotopic (exact) mass is 298 g/mol. The van der Waals surface area contributed by atoms with Gasteiger partial charge in [-0.3, -0.25) is 4.79 Å². The van der Waals surface area contributed by atoms with E-state index >= 15 is 0 Å². The Morgan fingerprint density at radius 2 is 1.91 bits per heavy atom. The van der Waals surface area contributed by atoms with Crippen LogP contribution in [-0.4, -0.2) is 24.0 Å². The van der Waals surface area contributed by atoms with E-state index in [1.54, 1.807) is 0 Å². The van der Waals surface area contributed by atoms with Crippen LogP contribution in [0.1, 0.15) is 17.7 Å². The van der Waals surface area contributed by atoms with Gasteiger partial charge in [0.2, 0.25) is 5.91 Å². The van der Waals surface area contributed by atoms with Crippen molar-refractivity contribution in [3.05, 3.63) is 53.7 Å². The molecule has 2 rings (SSSR count). The predicted molar refractivity (Wildman–Crippen MR) is 89.6 cm³/mol. The zero-order valence-electron chi connectivity index (χ0n) is 12.8. The Morgan fingerprint density at radius 3 is 2.64 bits per heavy atom. The first-order valence-corrected chi connectivity index (χ1v) is 7.43. The highest BCUT2D eigenvalue weighted by Crippen LogP contribution is 2.11. The van der Waals surface area contributed by atoms with Gasteiger partial charge in [-0.15, -0.1) is 0 Å². The number of rotatable bonds is 7. The number of aryl methyl sites for hydroxylation is 1. The summed E-state index contributed by atoms with van der Waals surface area (Å²) < 4.78 is 0. The van der Waals surface area contributed by atoms with E-state index in [9.17, 15) is 4.79 Å². The van der Waals surface area contributed by atoms with Gasteiger partial charge in [0.05, 0.1) is 17.8 Å². The largest absolute Gasteiger partial charge is 0.397 e. The van der Waals surface area contributed by atoms with E-state index < -0.39 is 0 Å². The second-order valence-electron chi connectivity index (χ2n) is 5.16. The quantitative estimate of drug-likeness (QED) is 0.684. The maximum atomic E-state index is 11.8. The maximum absolute atomic E-state index is 11.8. The fourth-order valence-electron chi connectivity index (χ4n) is 2.05. The maximum Gasteiger partial charge on any atom is 0.224 e. The summed E-state index contributed by atoms with van der Waals surface area (Å²) in [4.78, 5) is 16.1. The molecule has 0 aliphatic rings. The molecule has 22 heavy (non-hydrogen) atoms. The lowest BCUT2D eigenvalue weighted by molar-refractivity contribution is -0.120. The fourth-order valence-corrected chi connectivity index (χ4v) is 2.05. The first-order chi connectivity index (χ1) is 10.6. The minimum absolute atomic E-state index is 0.0488. The first-order valence-electron chi connectivity index (χ1n) is 7.43. The zero-order valence-corrected chi connectivity index (χ0v) is 12.8. The summed E-state index contributed by atoms with van der Waals surface area (Å²) in [5.74, 6) is 0.856. The van der Waals surface area contributed by atoms with Gasteiger partial charge in [-0.05, 0) is 31.0 Å². The Labute approximate surface area is 130 Å². The normalized spacial score (nSPS) is 10.2. The van der Waals surface area contributed by atoms with Crippen molar-refractivity contribution < 1.29 is 4.79 Å². The fraction of sp³-hybridized carbons (Fsp3) is 0.294. The van der Waals surface area contributed by atoms with E-state index in [-0.39, 0.29) is 5.91 Å². The van der Waals surface area contributed by atoms with Crippen molar-refractivity contribution in [2.75, 3.05) is 24.1 Å². The molecule has 1 aromatic carbocycles. The highest BCUT2D eigenvalue weighted by molar-refractivity contribution is 5.78. The summed E-state index contributed by atoms with van der Waals surface area (Å²) in [6, 6.07) is 13.4. The third kappa shape index (κ3) is 5.09. The lowest BCUT2D eigenvalue weighted by Gasteiger charge is -2.08. The zero-order chi connectivity index (χ0) is 15.8. The van der Waals surface area contributed by atoms with Crippen LogP contribution in [0.25, 0.3) is 0 Å². The van der Waals surface area contributed by atoms with Crippen LogP contribution < -0.4 is 16.4 Å². The molecule has 0 aliphatic carbocycles. The minimum Gasteiger partial charge on any atom is -0.397 e. The number of nitrogens with zero attached hydrogens (tertiary/aromatic N) is 1. The Morgan fingerprint density at radius 1 is 1.14 bits per heavy atom. The van der Waals surface area contributed by atoms with Gasteiger partial charge in [0.1, 0.15) is 5.82 Å². The highest BCUT2D eigenvalue weighted by Gasteiger charge is 2.02. The molecule has 0 spiro atoms. The second-order valence-corrected chi connectivity index (χ2v) is 5.16. The summed E-state index contributed by atoms with van der Waals surface area (Å²) in [5, 5.41) is 6.14. The number of pyridine rings is 1. The van der Waals surface area contributed by atoms with E-state index in [0.717, 1.165) is 30.0 Å². The molecule has 0 bridgehead atoms. The van der Waals surface area contributed by atoms with Gasteiger partial charge in [-0.2, -0.15) is 0 Å². The summed E-state index contributed by atoms with van der Waals surface area (Å²) >= 11 is 0. The molecular formula is C17H22N4O. The molecule has 5 heteroatoms. The average Bonchev–Trinajstić information content (AvgIpc) is 2.51. The van der Waals surface area contributed by atoms with Crippen molar-refractivity contribution in [1.29, 1.82) is 0 Å². The lowest BCUT2D eigenvalue weighted by Crippen LogP contribution is -2.27. The summed E-state index contributed by atoms with van der Waals surface area (Å²) in [5.41, 5.74) is 8.27. The molecule has 2 aromatic rings. The number of amides is 1. The Bertz CT molecular complexity index is 613. The van der Waals surface area contributed by atoms with Crippen molar-refractivity contribution in [1.82, 2.24) is 10.3 Å². The van der Waals surface area contributed by atoms with Crippen molar-refractivity contribution >= 4 is 17.4 Å². The van der Waals surface area contributed by atoms with Gasteiger partial charge in [0.25, 0.3) is 0 Å². The van der Waals surface area contributed by atoms with Crippen LogP contribution in [0.5, 0.6) is 0 Å². The topological polar surface area (TPSA) is 80.0 Å². The molecule has 1 aromatic heterocycles. The molecule has 0 fully saturated rings. The Balaban J connectivity index is 1.62. The molecule has 0 saturated heterocycles. The third-order valence-electron chi connectivity index (χ3n) is 3.32. The number of aromatic nitrogens is 1. The van der Waals surface area contributed by atoms with E-state index in [0.29, 0.717) is 18.7 Å². The summed E-state index contributed by atoms with van der Waals surface area (Å²) in [6.45, 7) is 3.28. The molecule has 0 unspecified atom stereocenters. The van der Waals surface area contributed by atoms with Crippen LogP contribution in [0.4, 0.5) is 11.5 Å². The molecule has 0 atom stereocenters. The van der Waals surface area contributed by atoms with Crippen LogP contribution >= 0.6 is 0 Å². The van der Waals surface area contributed by atoms with Gasteiger partial charge in [-0.25, -0.2) is 4.98 Å². The van der Waals surface area contributed by atoms with Gasteiger partial charge in [-0.1, -0.05) is 30.3 Å². The van der Waals surface area contributed by atoms with Gasteiger partial charge < -0.3 is 16.4 Å². The molecule has 0 aliphatic heterocycles. The molecule has 0 radical (unpaired) electrons. The van der Waals surface area contributed by atoms with Crippen molar-refractivity contribution in [2.45, 2.75) is 19.8 Å². The van der Waals surface area contributed by atoms with Crippen molar-refractivity contribution in [2.24, 2.45) is 0 Å². The van der Waals surface area contributed by atoms with Gasteiger partial charge in [0, 0.05) is 13.1 Å². The van der Waals surface area contributed by atoms with Crippen molar-refractivity contribution in [3.8, 4) is 0 Å². The van der Waals surface area contributed by atoms with Gasteiger partial charge >= 0.3 is 0 Å². The van der Waals surface area contributed by atoms with E-state index in [2.05, 4.69) is 15.6 Å².